The first-order chi connectivity index (χ1) is 18.4. The van der Waals surface area contributed by atoms with Crippen LogP contribution in [0, 0.1) is 17.5 Å². The standard InChI is InChI=1S/C26H30F3N3O7/c1-13-4-5-26(2,39-12-15(33)11-38-3)20-10-31(13)25(37)21-23(35)22(34)17(9-32(20)21)24(36)30-8-16-18(28)6-14(27)7-19(16)29/h6-7,9,13,15,20,33,35H,4-5,8,10-12H2,1-3H3,(H,30,36)/t13-,15-,20+,26-/m0/s1. The Morgan fingerprint density at radius 1 is 1.23 bits per heavy atom. The minimum atomic E-state index is -1.22. The number of pyridine rings is 1. The van der Waals surface area contributed by atoms with Crippen LogP contribution in [0.25, 0.3) is 0 Å². The van der Waals surface area contributed by atoms with Crippen molar-refractivity contribution >= 4 is 11.8 Å². The predicted molar refractivity (Wildman–Crippen MR) is 131 cm³/mol. The topological polar surface area (TPSA) is 130 Å². The van der Waals surface area contributed by atoms with Crippen LogP contribution in [-0.2, 0) is 16.0 Å². The number of nitrogens with zero attached hydrogens (tertiary/aromatic N) is 2. The highest BCUT2D eigenvalue weighted by molar-refractivity contribution is 5.99. The van der Waals surface area contributed by atoms with Crippen LogP contribution in [0.1, 0.15) is 59.1 Å². The van der Waals surface area contributed by atoms with Gasteiger partial charge in [0, 0.05) is 50.1 Å². The van der Waals surface area contributed by atoms with Crippen LogP contribution >= 0.6 is 0 Å². The lowest BCUT2D eigenvalue weighted by molar-refractivity contribution is -0.111. The van der Waals surface area contributed by atoms with Gasteiger partial charge in [-0.3, -0.25) is 14.4 Å². The molecular formula is C26H30F3N3O7. The van der Waals surface area contributed by atoms with Gasteiger partial charge in [-0.2, -0.15) is 0 Å². The lowest BCUT2D eigenvalue weighted by atomic mass is 9.89. The summed E-state index contributed by atoms with van der Waals surface area (Å²) in [6, 6.07) is -0.00571. The molecule has 1 fully saturated rings. The number of methoxy groups -OCH3 is 1. The number of aliphatic hydroxyl groups is 1. The Morgan fingerprint density at radius 3 is 2.54 bits per heavy atom. The van der Waals surface area contributed by atoms with Crippen molar-refractivity contribution in [2.45, 2.75) is 57.0 Å². The van der Waals surface area contributed by atoms with Crippen molar-refractivity contribution in [3.63, 3.8) is 0 Å². The summed E-state index contributed by atoms with van der Waals surface area (Å²) in [5.41, 5.74) is -3.64. The van der Waals surface area contributed by atoms with E-state index in [0.717, 1.165) is 6.20 Å². The second-order valence-corrected chi connectivity index (χ2v) is 10.1. The number of ether oxygens (including phenoxy) is 2. The summed E-state index contributed by atoms with van der Waals surface area (Å²) in [5.74, 6) is -6.19. The molecule has 1 aromatic carbocycles. The molecule has 10 nitrogen and oxygen atoms in total. The molecule has 0 spiro atoms. The van der Waals surface area contributed by atoms with Crippen LogP contribution < -0.4 is 10.7 Å². The van der Waals surface area contributed by atoms with Gasteiger partial charge in [-0.05, 0) is 26.7 Å². The summed E-state index contributed by atoms with van der Waals surface area (Å²) in [7, 11) is 1.43. The fourth-order valence-electron chi connectivity index (χ4n) is 5.12. The van der Waals surface area contributed by atoms with E-state index in [4.69, 9.17) is 9.47 Å². The number of carbonyl (C=O) groups excluding carboxylic acids is 2. The number of hydrogen-bond acceptors (Lipinski definition) is 7. The zero-order valence-electron chi connectivity index (χ0n) is 21.7. The van der Waals surface area contributed by atoms with Crippen molar-refractivity contribution < 1.29 is 42.4 Å². The fourth-order valence-corrected chi connectivity index (χ4v) is 5.12. The van der Waals surface area contributed by atoms with Crippen molar-refractivity contribution in [1.29, 1.82) is 0 Å². The van der Waals surface area contributed by atoms with Gasteiger partial charge in [0.2, 0.25) is 5.43 Å². The minimum absolute atomic E-state index is 0.0331. The third kappa shape index (κ3) is 5.38. The summed E-state index contributed by atoms with van der Waals surface area (Å²) < 4.78 is 53.7. The summed E-state index contributed by atoms with van der Waals surface area (Å²) >= 11 is 0. The molecule has 4 atom stereocenters. The molecule has 4 rings (SSSR count). The normalized spacial score (nSPS) is 23.3. The smallest absolute Gasteiger partial charge is 0.274 e. The highest BCUT2D eigenvalue weighted by Crippen LogP contribution is 2.42. The van der Waals surface area contributed by atoms with Crippen molar-refractivity contribution in [3.05, 3.63) is 62.8 Å². The summed E-state index contributed by atoms with van der Waals surface area (Å²) in [6.45, 7) is 2.99. The molecule has 2 aliphatic rings. The van der Waals surface area contributed by atoms with Gasteiger partial charge < -0.3 is 34.5 Å². The molecule has 0 radical (unpaired) electrons. The molecule has 0 aliphatic carbocycles. The number of amides is 2. The van der Waals surface area contributed by atoms with E-state index in [0.29, 0.717) is 25.0 Å². The number of carbonyl (C=O) groups is 2. The second-order valence-electron chi connectivity index (χ2n) is 10.1. The average Bonchev–Trinajstić information content (AvgIpc) is 2.98. The van der Waals surface area contributed by atoms with Gasteiger partial charge in [-0.1, -0.05) is 0 Å². The van der Waals surface area contributed by atoms with Crippen LogP contribution in [0.5, 0.6) is 5.75 Å². The van der Waals surface area contributed by atoms with E-state index in [9.17, 15) is 37.8 Å². The summed E-state index contributed by atoms with van der Waals surface area (Å²) in [4.78, 5) is 40.8. The SMILES string of the molecule is COC[C@H](O)CO[C@@]1(C)CC[C@H](C)N2C[C@H]1n1cc(C(=O)NCc3c(F)cc(F)cc3F)c(=O)c(O)c1C2=O. The zero-order chi connectivity index (χ0) is 28.6. The Hall–Kier alpha value is -3.42. The number of rotatable bonds is 8. The van der Waals surface area contributed by atoms with E-state index < -0.39 is 75.9 Å². The number of aliphatic hydroxyl groups excluding tert-OH is 1. The Bertz CT molecular complexity index is 1330. The van der Waals surface area contributed by atoms with Gasteiger partial charge in [0.05, 0.1) is 24.9 Å². The highest BCUT2D eigenvalue weighted by atomic mass is 19.1. The quantitative estimate of drug-likeness (QED) is 0.455. The van der Waals surface area contributed by atoms with Crippen molar-refractivity contribution in [1.82, 2.24) is 14.8 Å². The molecular weight excluding hydrogens is 523 g/mol. The molecule has 1 saturated heterocycles. The number of aromatic hydroxyl groups is 1. The van der Waals surface area contributed by atoms with Gasteiger partial charge in [-0.15, -0.1) is 0 Å². The van der Waals surface area contributed by atoms with Crippen molar-refractivity contribution in [2.24, 2.45) is 0 Å². The molecule has 2 aromatic rings. The van der Waals surface area contributed by atoms with E-state index in [2.05, 4.69) is 5.32 Å². The second kappa shape index (κ2) is 11.0. The van der Waals surface area contributed by atoms with Crippen molar-refractivity contribution in [2.75, 3.05) is 26.9 Å². The highest BCUT2D eigenvalue weighted by Gasteiger charge is 2.48. The van der Waals surface area contributed by atoms with E-state index in [1.165, 1.54) is 16.6 Å². The zero-order valence-corrected chi connectivity index (χ0v) is 21.7. The fraction of sp³-hybridized carbons (Fsp3) is 0.500. The van der Waals surface area contributed by atoms with E-state index in [1.807, 2.05) is 6.92 Å². The van der Waals surface area contributed by atoms with Gasteiger partial charge >= 0.3 is 0 Å². The number of hydrogen-bond donors (Lipinski definition) is 3. The summed E-state index contributed by atoms with van der Waals surface area (Å²) in [6.07, 6.45) is 1.16. The van der Waals surface area contributed by atoms with Gasteiger partial charge in [-0.25, -0.2) is 13.2 Å². The largest absolute Gasteiger partial charge is 0.503 e. The first-order valence-electron chi connectivity index (χ1n) is 12.4. The van der Waals surface area contributed by atoms with E-state index >= 15 is 0 Å². The summed E-state index contributed by atoms with van der Waals surface area (Å²) in [5, 5.41) is 23.2. The molecule has 0 saturated carbocycles. The number of benzene rings is 1. The molecule has 3 heterocycles. The molecule has 2 bridgehead atoms. The Morgan fingerprint density at radius 2 is 1.90 bits per heavy atom. The first-order valence-corrected chi connectivity index (χ1v) is 12.4. The van der Waals surface area contributed by atoms with Crippen LogP contribution in [-0.4, -0.2) is 76.1 Å². The lowest BCUT2D eigenvalue weighted by Crippen LogP contribution is -2.52. The molecule has 3 N–H and O–H groups in total. The monoisotopic (exact) mass is 553 g/mol. The number of halogens is 3. The third-order valence-electron chi connectivity index (χ3n) is 7.42. The molecule has 39 heavy (non-hydrogen) atoms. The minimum Gasteiger partial charge on any atom is -0.503 e. The Labute approximate surface area is 221 Å². The van der Waals surface area contributed by atoms with Crippen LogP contribution in [0.4, 0.5) is 13.2 Å². The van der Waals surface area contributed by atoms with Crippen LogP contribution in [0.15, 0.2) is 23.1 Å². The molecule has 1 aromatic heterocycles. The molecule has 212 valence electrons. The third-order valence-corrected chi connectivity index (χ3v) is 7.42. The number of aromatic nitrogens is 1. The van der Waals surface area contributed by atoms with Gasteiger partial charge in [0.25, 0.3) is 11.8 Å². The number of nitrogens with one attached hydrogen (secondary N) is 1. The molecule has 2 amide bonds. The molecule has 0 unspecified atom stereocenters. The Kier molecular flexibility index (Phi) is 8.05. The Balaban J connectivity index is 1.72. The number of fused-ring (bicyclic) bond motifs is 4. The van der Waals surface area contributed by atoms with E-state index in [-0.39, 0.29) is 31.5 Å². The maximum atomic E-state index is 14.0. The predicted octanol–water partition coefficient (Wildman–Crippen LogP) is 1.86. The van der Waals surface area contributed by atoms with Gasteiger partial charge in [0.1, 0.15) is 29.1 Å². The van der Waals surface area contributed by atoms with Crippen LogP contribution in [0.3, 0.4) is 0 Å². The first kappa shape index (κ1) is 28.6. The van der Waals surface area contributed by atoms with E-state index in [1.54, 1.807) is 6.92 Å². The maximum Gasteiger partial charge on any atom is 0.274 e. The average molecular weight is 554 g/mol. The molecule has 13 heteroatoms. The van der Waals surface area contributed by atoms with Crippen LogP contribution in [0.2, 0.25) is 0 Å². The maximum absolute atomic E-state index is 14.0. The lowest BCUT2D eigenvalue weighted by Gasteiger charge is -2.43. The van der Waals surface area contributed by atoms with Gasteiger partial charge in [0.15, 0.2) is 11.4 Å². The van der Waals surface area contributed by atoms with Crippen molar-refractivity contribution in [3.8, 4) is 5.75 Å². The molecule has 2 aliphatic heterocycles.